The third-order valence-corrected chi connectivity index (χ3v) is 4.81. The highest BCUT2D eigenvalue weighted by atomic mass is 35.5. The van der Waals surface area contributed by atoms with E-state index in [1.807, 2.05) is 17.0 Å². The second-order valence-electron chi connectivity index (χ2n) is 6.12. The molecule has 2 aromatic rings. The van der Waals surface area contributed by atoms with E-state index >= 15 is 0 Å². The molecule has 1 unspecified atom stereocenters. The zero-order valence-corrected chi connectivity index (χ0v) is 13.8. The molecule has 1 aromatic carbocycles. The van der Waals surface area contributed by atoms with Gasteiger partial charge in [-0.25, -0.2) is 0 Å². The molecular formula is C17H17ClN2O4. The molecule has 0 N–H and O–H groups in total. The molecule has 0 bridgehead atoms. The number of halogens is 1. The molecule has 0 aliphatic carbocycles. The summed E-state index contributed by atoms with van der Waals surface area (Å²) in [5.74, 6) is 0.0442. The van der Waals surface area contributed by atoms with Crippen LogP contribution in [0.5, 0.6) is 0 Å². The van der Waals surface area contributed by atoms with E-state index in [0.29, 0.717) is 43.7 Å². The Labute approximate surface area is 144 Å². The molecule has 0 saturated carbocycles. The van der Waals surface area contributed by atoms with Crippen molar-refractivity contribution in [1.82, 2.24) is 10.1 Å². The molecule has 4 rings (SSSR count). The van der Waals surface area contributed by atoms with Crippen LogP contribution in [0.15, 0.2) is 34.9 Å². The van der Waals surface area contributed by atoms with Gasteiger partial charge in [-0.05, 0) is 18.6 Å². The van der Waals surface area contributed by atoms with Crippen molar-refractivity contribution in [1.29, 1.82) is 0 Å². The lowest BCUT2D eigenvalue weighted by Crippen LogP contribution is -2.59. The van der Waals surface area contributed by atoms with E-state index in [-0.39, 0.29) is 11.7 Å². The Morgan fingerprint density at radius 2 is 2.04 bits per heavy atom. The first kappa shape index (κ1) is 15.6. The van der Waals surface area contributed by atoms with Gasteiger partial charge in [-0.3, -0.25) is 4.79 Å². The van der Waals surface area contributed by atoms with Gasteiger partial charge in [0.15, 0.2) is 0 Å². The van der Waals surface area contributed by atoms with Crippen LogP contribution in [-0.4, -0.2) is 54.5 Å². The summed E-state index contributed by atoms with van der Waals surface area (Å²) >= 11 is 6.01. The highest BCUT2D eigenvalue weighted by molar-refractivity contribution is 6.30. The van der Waals surface area contributed by atoms with Crippen LogP contribution in [0.25, 0.3) is 11.3 Å². The van der Waals surface area contributed by atoms with Crippen molar-refractivity contribution < 1.29 is 18.8 Å². The molecular weight excluding hydrogens is 332 g/mol. The number of hydrogen-bond donors (Lipinski definition) is 0. The van der Waals surface area contributed by atoms with Gasteiger partial charge in [0.25, 0.3) is 5.91 Å². The molecule has 2 saturated heterocycles. The van der Waals surface area contributed by atoms with E-state index in [1.54, 1.807) is 18.2 Å². The summed E-state index contributed by atoms with van der Waals surface area (Å²) < 4.78 is 16.4. The van der Waals surface area contributed by atoms with E-state index in [0.717, 1.165) is 12.0 Å². The van der Waals surface area contributed by atoms with Gasteiger partial charge in [0, 0.05) is 29.8 Å². The molecule has 1 atom stereocenters. The maximum absolute atomic E-state index is 12.9. The third kappa shape index (κ3) is 2.70. The highest BCUT2D eigenvalue weighted by Crippen LogP contribution is 2.31. The van der Waals surface area contributed by atoms with Crippen molar-refractivity contribution in [2.45, 2.75) is 12.0 Å². The smallest absolute Gasteiger partial charge is 0.293 e. The lowest BCUT2D eigenvalue weighted by atomic mass is 9.95. The zero-order chi connectivity index (χ0) is 16.6. The topological polar surface area (TPSA) is 64.8 Å². The summed E-state index contributed by atoms with van der Waals surface area (Å²) in [6.07, 6.45) is 0.772. The molecule has 24 heavy (non-hydrogen) atoms. The van der Waals surface area contributed by atoms with Crippen LogP contribution in [0.2, 0.25) is 5.02 Å². The first-order valence-corrected chi connectivity index (χ1v) is 8.26. The number of ether oxygens (including phenoxy) is 2. The largest absolute Gasteiger partial charge is 0.379 e. The molecule has 6 nitrogen and oxygen atoms in total. The van der Waals surface area contributed by atoms with Crippen LogP contribution >= 0.6 is 11.6 Å². The van der Waals surface area contributed by atoms with Crippen molar-refractivity contribution in [3.63, 3.8) is 0 Å². The van der Waals surface area contributed by atoms with Gasteiger partial charge in [0.05, 0.1) is 25.4 Å². The fourth-order valence-corrected chi connectivity index (χ4v) is 3.46. The van der Waals surface area contributed by atoms with Gasteiger partial charge in [-0.2, -0.15) is 0 Å². The van der Waals surface area contributed by atoms with Gasteiger partial charge in [-0.15, -0.1) is 0 Å². The molecule has 1 spiro atoms. The normalized spacial score (nSPS) is 23.8. The van der Waals surface area contributed by atoms with Gasteiger partial charge < -0.3 is 18.9 Å². The van der Waals surface area contributed by atoms with Crippen LogP contribution in [0.1, 0.15) is 17.0 Å². The average molecular weight is 349 g/mol. The predicted molar refractivity (Wildman–Crippen MR) is 87.0 cm³/mol. The van der Waals surface area contributed by atoms with Crippen LogP contribution in [0.3, 0.4) is 0 Å². The number of hydrogen-bond acceptors (Lipinski definition) is 5. The van der Waals surface area contributed by atoms with Crippen molar-refractivity contribution in [3.05, 3.63) is 41.1 Å². The summed E-state index contributed by atoms with van der Waals surface area (Å²) in [4.78, 5) is 14.7. The molecule has 2 aliphatic rings. The monoisotopic (exact) mass is 348 g/mol. The second kappa shape index (κ2) is 6.20. The molecule has 7 heteroatoms. The predicted octanol–water partition coefficient (Wildman–Crippen LogP) is 2.63. The lowest BCUT2D eigenvalue weighted by Gasteiger charge is -2.42. The minimum absolute atomic E-state index is 0.176. The van der Waals surface area contributed by atoms with Gasteiger partial charge in [0.1, 0.15) is 5.69 Å². The molecule has 3 heterocycles. The number of benzene rings is 1. The molecule has 0 radical (unpaired) electrons. The van der Waals surface area contributed by atoms with Crippen molar-refractivity contribution in [3.8, 4) is 11.3 Å². The standard InChI is InChI=1S/C17H17ClN2O4/c18-13-3-1-2-12(8-13)14-9-15(24-19-14)16(21)20-5-7-23-11-17(20)4-6-22-10-17/h1-3,8-9H,4-7,10-11H2. The minimum Gasteiger partial charge on any atom is -0.379 e. The van der Waals surface area contributed by atoms with Crippen LogP contribution in [0, 0.1) is 0 Å². The summed E-state index contributed by atoms with van der Waals surface area (Å²) in [5.41, 5.74) is 1.01. The van der Waals surface area contributed by atoms with Crippen molar-refractivity contribution in [2.24, 2.45) is 0 Å². The quantitative estimate of drug-likeness (QED) is 0.834. The fourth-order valence-electron chi connectivity index (χ4n) is 3.27. The number of carbonyl (C=O) groups is 1. The summed E-state index contributed by atoms with van der Waals surface area (Å²) in [7, 11) is 0. The second-order valence-corrected chi connectivity index (χ2v) is 6.56. The number of amides is 1. The molecule has 1 aromatic heterocycles. The van der Waals surface area contributed by atoms with E-state index in [9.17, 15) is 4.79 Å². The average Bonchev–Trinajstić information content (AvgIpc) is 3.25. The Kier molecular flexibility index (Phi) is 4.04. The molecule has 2 aliphatic heterocycles. The van der Waals surface area contributed by atoms with Crippen LogP contribution in [0.4, 0.5) is 0 Å². The van der Waals surface area contributed by atoms with Crippen LogP contribution in [-0.2, 0) is 9.47 Å². The number of rotatable bonds is 2. The Bertz CT molecular complexity index is 755. The maximum Gasteiger partial charge on any atom is 0.293 e. The summed E-state index contributed by atoms with van der Waals surface area (Å²) in [5, 5.41) is 4.62. The van der Waals surface area contributed by atoms with Crippen molar-refractivity contribution >= 4 is 17.5 Å². The van der Waals surface area contributed by atoms with Gasteiger partial charge >= 0.3 is 0 Å². The Morgan fingerprint density at radius 3 is 2.83 bits per heavy atom. The third-order valence-electron chi connectivity index (χ3n) is 4.57. The summed E-state index contributed by atoms with van der Waals surface area (Å²) in [6.45, 7) is 2.66. The molecule has 1 amide bonds. The van der Waals surface area contributed by atoms with E-state index in [4.69, 9.17) is 25.6 Å². The SMILES string of the molecule is O=C(c1cc(-c2cccc(Cl)c2)no1)N1CCOCC12CCOC2. The first-order chi connectivity index (χ1) is 11.7. The first-order valence-electron chi connectivity index (χ1n) is 7.88. The lowest BCUT2D eigenvalue weighted by molar-refractivity contribution is -0.0563. The highest BCUT2D eigenvalue weighted by Gasteiger charge is 2.46. The Morgan fingerprint density at radius 1 is 1.21 bits per heavy atom. The van der Waals surface area contributed by atoms with Gasteiger partial charge in [0.2, 0.25) is 5.76 Å². The van der Waals surface area contributed by atoms with E-state index in [1.165, 1.54) is 0 Å². The summed E-state index contributed by atoms with van der Waals surface area (Å²) in [6, 6.07) is 8.94. The molecule has 2 fully saturated rings. The van der Waals surface area contributed by atoms with E-state index < -0.39 is 5.54 Å². The van der Waals surface area contributed by atoms with Gasteiger partial charge in [-0.1, -0.05) is 28.9 Å². The number of carbonyl (C=O) groups excluding carboxylic acids is 1. The number of aromatic nitrogens is 1. The maximum atomic E-state index is 12.9. The number of morpholine rings is 1. The van der Waals surface area contributed by atoms with E-state index in [2.05, 4.69) is 5.16 Å². The molecule has 126 valence electrons. The fraction of sp³-hybridized carbons (Fsp3) is 0.412. The van der Waals surface area contributed by atoms with Crippen molar-refractivity contribution in [2.75, 3.05) is 33.0 Å². The Balaban J connectivity index is 1.60. The zero-order valence-electron chi connectivity index (χ0n) is 13.0. The minimum atomic E-state index is -0.391. The van der Waals surface area contributed by atoms with Crippen LogP contribution < -0.4 is 0 Å². The number of nitrogens with zero attached hydrogens (tertiary/aromatic N) is 2. The Hall–Kier alpha value is -1.89.